The quantitative estimate of drug-likeness (QED) is 0.678. The molecule has 0 radical (unpaired) electrons. The summed E-state index contributed by atoms with van der Waals surface area (Å²) < 4.78 is 1.50. The number of hydrogen-bond donors (Lipinski definition) is 3. The lowest BCUT2D eigenvalue weighted by Crippen LogP contribution is -2.45. The molecule has 2 atom stereocenters. The number of anilines is 1. The molecular weight excluding hydrogens is 220 g/mol. The molecule has 1 fully saturated rings. The van der Waals surface area contributed by atoms with Crippen molar-refractivity contribution in [3.05, 3.63) is 11.9 Å². The molecule has 1 aromatic heterocycles. The van der Waals surface area contributed by atoms with Gasteiger partial charge in [0.05, 0.1) is 17.8 Å². The van der Waals surface area contributed by atoms with E-state index in [-0.39, 0.29) is 17.6 Å². The van der Waals surface area contributed by atoms with Crippen LogP contribution in [0.5, 0.6) is 0 Å². The van der Waals surface area contributed by atoms with Gasteiger partial charge in [-0.15, -0.1) is 0 Å². The molecular formula is C11H18N4O2. The van der Waals surface area contributed by atoms with Gasteiger partial charge in [0.2, 0.25) is 0 Å². The van der Waals surface area contributed by atoms with Gasteiger partial charge in [0, 0.05) is 13.2 Å². The first-order valence-electron chi connectivity index (χ1n) is 5.86. The van der Waals surface area contributed by atoms with Crippen molar-refractivity contribution in [3.8, 4) is 0 Å². The third-order valence-electron chi connectivity index (χ3n) is 3.12. The van der Waals surface area contributed by atoms with Crippen LogP contribution in [0.1, 0.15) is 36.2 Å². The largest absolute Gasteiger partial charge is 0.396 e. The van der Waals surface area contributed by atoms with Crippen LogP contribution in [0.2, 0.25) is 0 Å². The number of hydrogen-bond acceptors (Lipinski definition) is 4. The molecule has 2 rings (SSSR count). The Kier molecular flexibility index (Phi) is 3.33. The first-order valence-corrected chi connectivity index (χ1v) is 5.86. The van der Waals surface area contributed by atoms with Crippen molar-refractivity contribution in [1.29, 1.82) is 0 Å². The summed E-state index contributed by atoms with van der Waals surface area (Å²) in [6.07, 6.45) is 4.71. The van der Waals surface area contributed by atoms with Crippen LogP contribution in [0.3, 0.4) is 0 Å². The number of aliphatic hydroxyl groups excluding tert-OH is 1. The van der Waals surface area contributed by atoms with Crippen LogP contribution in [0.15, 0.2) is 6.20 Å². The van der Waals surface area contributed by atoms with E-state index in [1.165, 1.54) is 4.68 Å². The summed E-state index contributed by atoms with van der Waals surface area (Å²) in [6, 6.07) is -0.183. The molecule has 1 saturated carbocycles. The zero-order chi connectivity index (χ0) is 12.4. The van der Waals surface area contributed by atoms with Crippen LogP contribution < -0.4 is 11.1 Å². The Morgan fingerprint density at radius 2 is 2.29 bits per heavy atom. The average Bonchev–Trinajstić information content (AvgIpc) is 2.61. The molecule has 94 valence electrons. The van der Waals surface area contributed by atoms with Crippen LogP contribution in [-0.4, -0.2) is 32.9 Å². The van der Waals surface area contributed by atoms with Crippen LogP contribution in [-0.2, 0) is 7.05 Å². The molecule has 1 aliphatic rings. The van der Waals surface area contributed by atoms with Gasteiger partial charge in [-0.1, -0.05) is 12.8 Å². The Morgan fingerprint density at radius 3 is 2.88 bits per heavy atom. The molecule has 0 spiro atoms. The second kappa shape index (κ2) is 4.75. The lowest BCUT2D eigenvalue weighted by Gasteiger charge is -2.28. The molecule has 0 saturated heterocycles. The predicted octanol–water partition coefficient (Wildman–Crippen LogP) is 0.0356. The van der Waals surface area contributed by atoms with Gasteiger partial charge in [0.25, 0.3) is 5.91 Å². The second-order valence-corrected chi connectivity index (χ2v) is 4.54. The van der Waals surface area contributed by atoms with Crippen molar-refractivity contribution >= 4 is 11.6 Å². The van der Waals surface area contributed by atoms with Crippen molar-refractivity contribution in [2.75, 3.05) is 5.73 Å². The zero-order valence-electron chi connectivity index (χ0n) is 9.89. The lowest BCUT2D eigenvalue weighted by molar-refractivity contribution is 0.0714. The van der Waals surface area contributed by atoms with Gasteiger partial charge in [0.1, 0.15) is 0 Å². The molecule has 6 nitrogen and oxygen atoms in total. The standard InChI is InChI=1S/C11H18N4O2/c1-15-6-7(12)10(14-15)11(17)13-8-4-2-3-5-9(8)16/h6,8-9,16H,2-5,12H2,1H3,(H,13,17)/t8-,9-/m1/s1. The van der Waals surface area contributed by atoms with E-state index in [4.69, 9.17) is 5.73 Å². The van der Waals surface area contributed by atoms with E-state index in [0.717, 1.165) is 25.7 Å². The normalized spacial score (nSPS) is 24.6. The van der Waals surface area contributed by atoms with E-state index in [1.807, 2.05) is 0 Å². The minimum atomic E-state index is -0.461. The van der Waals surface area contributed by atoms with Gasteiger partial charge in [-0.05, 0) is 12.8 Å². The summed E-state index contributed by atoms with van der Waals surface area (Å²) in [5, 5.41) is 16.6. The Bertz CT molecular complexity index is 416. The molecule has 0 bridgehead atoms. The Hall–Kier alpha value is -1.56. The van der Waals surface area contributed by atoms with E-state index < -0.39 is 6.10 Å². The number of carbonyl (C=O) groups is 1. The Morgan fingerprint density at radius 1 is 1.59 bits per heavy atom. The minimum absolute atomic E-state index is 0.183. The average molecular weight is 238 g/mol. The summed E-state index contributed by atoms with van der Waals surface area (Å²) >= 11 is 0. The summed E-state index contributed by atoms with van der Waals surface area (Å²) in [4.78, 5) is 11.9. The van der Waals surface area contributed by atoms with Gasteiger partial charge in [-0.3, -0.25) is 9.48 Å². The predicted molar refractivity (Wildman–Crippen MR) is 63.3 cm³/mol. The van der Waals surface area contributed by atoms with E-state index in [9.17, 15) is 9.90 Å². The molecule has 0 aliphatic heterocycles. The van der Waals surface area contributed by atoms with Crippen molar-refractivity contribution in [1.82, 2.24) is 15.1 Å². The maximum absolute atomic E-state index is 11.9. The first-order chi connectivity index (χ1) is 8.08. The number of nitrogens with one attached hydrogen (secondary N) is 1. The maximum Gasteiger partial charge on any atom is 0.274 e. The fourth-order valence-corrected chi connectivity index (χ4v) is 2.20. The molecule has 0 aromatic carbocycles. The van der Waals surface area contributed by atoms with E-state index in [1.54, 1.807) is 13.2 Å². The number of nitrogens with two attached hydrogens (primary N) is 1. The molecule has 4 N–H and O–H groups in total. The lowest BCUT2D eigenvalue weighted by atomic mass is 9.92. The molecule has 1 heterocycles. The maximum atomic E-state index is 11.9. The number of rotatable bonds is 2. The summed E-state index contributed by atoms with van der Waals surface area (Å²) in [5.41, 5.74) is 6.26. The number of aryl methyl sites for hydroxylation is 1. The highest BCUT2D eigenvalue weighted by molar-refractivity contribution is 5.97. The number of carbonyl (C=O) groups excluding carboxylic acids is 1. The minimum Gasteiger partial charge on any atom is -0.396 e. The van der Waals surface area contributed by atoms with Crippen molar-refractivity contribution in [2.24, 2.45) is 7.05 Å². The molecule has 6 heteroatoms. The molecule has 1 aliphatic carbocycles. The van der Waals surface area contributed by atoms with E-state index in [0.29, 0.717) is 5.69 Å². The first kappa shape index (κ1) is 11.9. The molecule has 17 heavy (non-hydrogen) atoms. The number of nitrogen functional groups attached to an aromatic ring is 1. The zero-order valence-corrected chi connectivity index (χ0v) is 9.89. The van der Waals surface area contributed by atoms with E-state index in [2.05, 4.69) is 10.4 Å². The number of aliphatic hydroxyl groups is 1. The van der Waals surface area contributed by atoms with Crippen LogP contribution in [0.25, 0.3) is 0 Å². The highest BCUT2D eigenvalue weighted by Crippen LogP contribution is 2.19. The monoisotopic (exact) mass is 238 g/mol. The molecule has 0 unspecified atom stereocenters. The smallest absolute Gasteiger partial charge is 0.274 e. The van der Waals surface area contributed by atoms with Crippen LogP contribution in [0.4, 0.5) is 5.69 Å². The fraction of sp³-hybridized carbons (Fsp3) is 0.636. The van der Waals surface area contributed by atoms with Crippen LogP contribution >= 0.6 is 0 Å². The third kappa shape index (κ3) is 2.58. The molecule has 1 amide bonds. The topological polar surface area (TPSA) is 93.2 Å². The van der Waals surface area contributed by atoms with Gasteiger partial charge in [0.15, 0.2) is 5.69 Å². The number of amides is 1. The number of aromatic nitrogens is 2. The third-order valence-corrected chi connectivity index (χ3v) is 3.12. The van der Waals surface area contributed by atoms with Crippen molar-refractivity contribution in [2.45, 2.75) is 37.8 Å². The second-order valence-electron chi connectivity index (χ2n) is 4.54. The SMILES string of the molecule is Cn1cc(N)c(C(=O)N[C@@H]2CCCC[C@H]2O)n1. The Labute approximate surface area is 99.8 Å². The summed E-state index contributed by atoms with van der Waals surface area (Å²) in [5.74, 6) is -0.311. The van der Waals surface area contributed by atoms with Gasteiger partial charge < -0.3 is 16.2 Å². The summed E-state index contributed by atoms with van der Waals surface area (Å²) in [7, 11) is 1.71. The van der Waals surface area contributed by atoms with Crippen molar-refractivity contribution < 1.29 is 9.90 Å². The molecule has 1 aromatic rings. The van der Waals surface area contributed by atoms with Gasteiger partial charge in [-0.25, -0.2) is 0 Å². The number of nitrogens with zero attached hydrogens (tertiary/aromatic N) is 2. The summed E-state index contributed by atoms with van der Waals surface area (Å²) in [6.45, 7) is 0. The van der Waals surface area contributed by atoms with Crippen LogP contribution in [0, 0.1) is 0 Å². The van der Waals surface area contributed by atoms with E-state index >= 15 is 0 Å². The highest BCUT2D eigenvalue weighted by Gasteiger charge is 2.26. The van der Waals surface area contributed by atoms with Gasteiger partial charge >= 0.3 is 0 Å². The van der Waals surface area contributed by atoms with Crippen molar-refractivity contribution in [3.63, 3.8) is 0 Å². The van der Waals surface area contributed by atoms with Gasteiger partial charge in [-0.2, -0.15) is 5.10 Å². The Balaban J connectivity index is 2.03. The fourth-order valence-electron chi connectivity index (χ4n) is 2.20. The highest BCUT2D eigenvalue weighted by atomic mass is 16.3.